The van der Waals surface area contributed by atoms with Crippen LogP contribution in [0.15, 0.2) is 40.9 Å². The molecule has 0 unspecified atom stereocenters. The molecule has 2 aromatic carbocycles. The summed E-state index contributed by atoms with van der Waals surface area (Å²) >= 11 is 9.16. The lowest BCUT2D eigenvalue weighted by Crippen LogP contribution is -2.04. The van der Waals surface area contributed by atoms with E-state index >= 15 is 0 Å². The number of nitrogens with one attached hydrogen (secondary N) is 1. The quantitative estimate of drug-likeness (QED) is 0.708. The molecule has 0 aliphatic rings. The van der Waals surface area contributed by atoms with Crippen molar-refractivity contribution < 1.29 is 9.13 Å². The summed E-state index contributed by atoms with van der Waals surface area (Å²) in [6, 6.07) is 10.5. The summed E-state index contributed by atoms with van der Waals surface area (Å²) in [6.07, 6.45) is 0.931. The summed E-state index contributed by atoms with van der Waals surface area (Å²) in [6.45, 7) is 3.18. The first-order valence-corrected chi connectivity index (χ1v) is 7.87. The van der Waals surface area contributed by atoms with Gasteiger partial charge in [-0.1, -0.05) is 24.6 Å². The minimum Gasteiger partial charge on any atom is -0.491 e. The number of anilines is 1. The summed E-state index contributed by atoms with van der Waals surface area (Å²) in [7, 11) is 0. The summed E-state index contributed by atoms with van der Waals surface area (Å²) in [5.74, 6) is 0.474. The summed E-state index contributed by atoms with van der Waals surface area (Å²) < 4.78 is 19.6. The molecular formula is C16H16BrClFNO. The number of halogens is 3. The first-order chi connectivity index (χ1) is 10.1. The van der Waals surface area contributed by atoms with Crippen molar-refractivity contribution in [1.29, 1.82) is 0 Å². The van der Waals surface area contributed by atoms with Crippen molar-refractivity contribution in [1.82, 2.24) is 0 Å². The van der Waals surface area contributed by atoms with Crippen molar-refractivity contribution >= 4 is 33.2 Å². The maximum Gasteiger partial charge on any atom is 0.142 e. The van der Waals surface area contributed by atoms with Gasteiger partial charge in [0.15, 0.2) is 0 Å². The Bertz CT molecular complexity index is 621. The maximum absolute atomic E-state index is 13.5. The first kappa shape index (κ1) is 16.1. The molecule has 112 valence electrons. The molecule has 0 amide bonds. The van der Waals surface area contributed by atoms with Gasteiger partial charge in [-0.2, -0.15) is 0 Å². The Kier molecular flexibility index (Phi) is 5.88. The van der Waals surface area contributed by atoms with Crippen molar-refractivity contribution in [2.24, 2.45) is 0 Å². The number of hydrogen-bond acceptors (Lipinski definition) is 2. The van der Waals surface area contributed by atoms with Crippen molar-refractivity contribution in [3.63, 3.8) is 0 Å². The van der Waals surface area contributed by atoms with Crippen molar-refractivity contribution in [3.05, 3.63) is 57.3 Å². The van der Waals surface area contributed by atoms with E-state index in [0.29, 0.717) is 22.6 Å². The van der Waals surface area contributed by atoms with E-state index in [1.54, 1.807) is 12.1 Å². The van der Waals surface area contributed by atoms with Crippen LogP contribution in [0.2, 0.25) is 5.02 Å². The van der Waals surface area contributed by atoms with Gasteiger partial charge in [0.25, 0.3) is 0 Å². The van der Waals surface area contributed by atoms with E-state index in [1.165, 1.54) is 6.07 Å². The minimum absolute atomic E-state index is 0.275. The summed E-state index contributed by atoms with van der Waals surface area (Å²) in [4.78, 5) is 0. The Morgan fingerprint density at radius 2 is 2.05 bits per heavy atom. The molecule has 2 rings (SSSR count). The van der Waals surface area contributed by atoms with Crippen LogP contribution in [-0.4, -0.2) is 6.61 Å². The minimum atomic E-state index is -0.275. The molecule has 2 aromatic rings. The highest BCUT2D eigenvalue weighted by Gasteiger charge is 2.06. The van der Waals surface area contributed by atoms with Gasteiger partial charge in [0.1, 0.15) is 11.6 Å². The lowest BCUT2D eigenvalue weighted by atomic mass is 10.2. The zero-order valence-corrected chi connectivity index (χ0v) is 14.0. The summed E-state index contributed by atoms with van der Waals surface area (Å²) in [5, 5.41) is 3.86. The molecule has 0 aliphatic carbocycles. The zero-order chi connectivity index (χ0) is 15.2. The van der Waals surface area contributed by atoms with Crippen LogP contribution in [-0.2, 0) is 6.54 Å². The first-order valence-electron chi connectivity index (χ1n) is 6.70. The molecule has 1 N–H and O–H groups in total. The Balaban J connectivity index is 2.10. The van der Waals surface area contributed by atoms with Crippen LogP contribution >= 0.6 is 27.5 Å². The maximum atomic E-state index is 13.5. The third-order valence-corrected chi connectivity index (χ3v) is 3.75. The van der Waals surface area contributed by atoms with Gasteiger partial charge in [-0.05, 0) is 58.2 Å². The Labute approximate surface area is 137 Å². The molecule has 0 bridgehead atoms. The lowest BCUT2D eigenvalue weighted by Gasteiger charge is -2.13. The number of ether oxygens (including phenoxy) is 1. The number of benzene rings is 2. The Hall–Kier alpha value is -1.26. The van der Waals surface area contributed by atoms with Gasteiger partial charge in [-0.3, -0.25) is 0 Å². The normalized spacial score (nSPS) is 10.5. The van der Waals surface area contributed by atoms with Gasteiger partial charge in [-0.25, -0.2) is 4.39 Å². The van der Waals surface area contributed by atoms with E-state index in [0.717, 1.165) is 23.4 Å². The smallest absolute Gasteiger partial charge is 0.142 e. The third-order valence-electron chi connectivity index (χ3n) is 2.87. The van der Waals surface area contributed by atoms with Crippen LogP contribution in [0.4, 0.5) is 10.1 Å². The molecule has 0 atom stereocenters. The molecule has 0 spiro atoms. The van der Waals surface area contributed by atoms with Crippen LogP contribution < -0.4 is 10.1 Å². The van der Waals surface area contributed by atoms with E-state index in [1.807, 2.05) is 25.1 Å². The monoisotopic (exact) mass is 371 g/mol. The average Bonchev–Trinajstić information content (AvgIpc) is 2.47. The SMILES string of the molecule is CCCOc1ccc(Cl)cc1NCc1ccc(Br)c(F)c1. The largest absolute Gasteiger partial charge is 0.491 e. The Morgan fingerprint density at radius 1 is 1.24 bits per heavy atom. The van der Waals surface area contributed by atoms with E-state index in [9.17, 15) is 4.39 Å². The fourth-order valence-electron chi connectivity index (χ4n) is 1.83. The van der Waals surface area contributed by atoms with E-state index < -0.39 is 0 Å². The average molecular weight is 373 g/mol. The molecule has 0 heterocycles. The van der Waals surface area contributed by atoms with Gasteiger partial charge in [0, 0.05) is 11.6 Å². The van der Waals surface area contributed by atoms with Crippen LogP contribution in [0.3, 0.4) is 0 Å². The number of hydrogen-bond donors (Lipinski definition) is 1. The standard InChI is InChI=1S/C16H16BrClFNO/c1-2-7-21-16-6-4-12(18)9-15(16)20-10-11-3-5-13(17)14(19)8-11/h3-6,8-9,20H,2,7,10H2,1H3. The molecular weight excluding hydrogens is 357 g/mol. The van der Waals surface area contributed by atoms with Crippen LogP contribution in [0.25, 0.3) is 0 Å². The molecule has 0 saturated carbocycles. The molecule has 21 heavy (non-hydrogen) atoms. The lowest BCUT2D eigenvalue weighted by molar-refractivity contribution is 0.319. The second kappa shape index (κ2) is 7.66. The highest BCUT2D eigenvalue weighted by Crippen LogP contribution is 2.29. The van der Waals surface area contributed by atoms with Crippen molar-refractivity contribution in [2.45, 2.75) is 19.9 Å². The predicted molar refractivity (Wildman–Crippen MR) is 88.7 cm³/mol. The molecule has 2 nitrogen and oxygen atoms in total. The Morgan fingerprint density at radius 3 is 2.76 bits per heavy atom. The second-order valence-corrected chi connectivity index (χ2v) is 5.88. The second-order valence-electron chi connectivity index (χ2n) is 4.59. The van der Waals surface area contributed by atoms with Gasteiger partial charge in [-0.15, -0.1) is 0 Å². The van der Waals surface area contributed by atoms with Gasteiger partial charge < -0.3 is 10.1 Å². The van der Waals surface area contributed by atoms with Crippen molar-refractivity contribution in [3.8, 4) is 5.75 Å². The highest BCUT2D eigenvalue weighted by molar-refractivity contribution is 9.10. The molecule has 0 saturated heterocycles. The van der Waals surface area contributed by atoms with Crippen LogP contribution in [0.5, 0.6) is 5.75 Å². The number of rotatable bonds is 6. The molecule has 5 heteroatoms. The predicted octanol–water partition coefficient (Wildman–Crippen LogP) is 5.64. The molecule has 0 aromatic heterocycles. The third kappa shape index (κ3) is 4.61. The zero-order valence-electron chi connectivity index (χ0n) is 11.6. The topological polar surface area (TPSA) is 21.3 Å². The summed E-state index contributed by atoms with van der Waals surface area (Å²) in [5.41, 5.74) is 1.65. The fraction of sp³-hybridized carbons (Fsp3) is 0.250. The van der Waals surface area contributed by atoms with E-state index in [-0.39, 0.29) is 5.82 Å². The molecule has 0 aliphatic heterocycles. The van der Waals surface area contributed by atoms with Crippen LogP contribution in [0.1, 0.15) is 18.9 Å². The van der Waals surface area contributed by atoms with Crippen LogP contribution in [0, 0.1) is 5.82 Å². The van der Waals surface area contributed by atoms with E-state index in [2.05, 4.69) is 21.2 Å². The highest BCUT2D eigenvalue weighted by atomic mass is 79.9. The van der Waals surface area contributed by atoms with Crippen molar-refractivity contribution in [2.75, 3.05) is 11.9 Å². The van der Waals surface area contributed by atoms with Gasteiger partial charge in [0.2, 0.25) is 0 Å². The molecule has 0 fully saturated rings. The van der Waals surface area contributed by atoms with Gasteiger partial charge >= 0.3 is 0 Å². The van der Waals surface area contributed by atoms with Gasteiger partial charge in [0.05, 0.1) is 16.8 Å². The molecule has 0 radical (unpaired) electrons. The van der Waals surface area contributed by atoms with E-state index in [4.69, 9.17) is 16.3 Å². The fourth-order valence-corrected chi connectivity index (χ4v) is 2.24.